The van der Waals surface area contributed by atoms with Gasteiger partial charge in [-0.2, -0.15) is 0 Å². The minimum Gasteiger partial charge on any atom is -0.341 e. The Bertz CT molecular complexity index is 1180. The summed E-state index contributed by atoms with van der Waals surface area (Å²) in [6, 6.07) is 10.8. The lowest BCUT2D eigenvalue weighted by Gasteiger charge is -2.24. The zero-order valence-electron chi connectivity index (χ0n) is 18.4. The third-order valence-corrected chi connectivity index (χ3v) is 5.58. The molecule has 0 saturated heterocycles. The van der Waals surface area contributed by atoms with Crippen molar-refractivity contribution in [2.24, 2.45) is 0 Å². The highest BCUT2D eigenvalue weighted by molar-refractivity contribution is 6.31. The average Bonchev–Trinajstić information content (AvgIpc) is 2.81. The van der Waals surface area contributed by atoms with Crippen molar-refractivity contribution in [2.45, 2.75) is 31.8 Å². The predicted molar refractivity (Wildman–Crippen MR) is 133 cm³/mol. The van der Waals surface area contributed by atoms with Crippen LogP contribution in [0.25, 0.3) is 0 Å². The third-order valence-electron chi connectivity index (χ3n) is 5.11. The zero-order chi connectivity index (χ0) is 24.7. The molecule has 3 amide bonds. The highest BCUT2D eigenvalue weighted by Crippen LogP contribution is 2.22. The second-order valence-corrected chi connectivity index (χ2v) is 8.58. The predicted octanol–water partition coefficient (Wildman–Crippen LogP) is 4.40. The molecular weight excluding hydrogens is 475 g/mol. The van der Waals surface area contributed by atoms with Gasteiger partial charge in [0.15, 0.2) is 0 Å². The molecule has 34 heavy (non-hydrogen) atoms. The average molecular weight is 499 g/mol. The first-order valence-electron chi connectivity index (χ1n) is 10.6. The Hall–Kier alpha value is -3.42. The van der Waals surface area contributed by atoms with Gasteiger partial charge < -0.3 is 16.0 Å². The van der Waals surface area contributed by atoms with Crippen molar-refractivity contribution in [3.63, 3.8) is 0 Å². The molecule has 2 atom stereocenters. The fraction of sp³-hybridized carbons (Fsp3) is 0.200. The summed E-state index contributed by atoms with van der Waals surface area (Å²) in [6.45, 7) is 1.29. The standard InChI is InChI=1S/C25H24Cl2N4O3/c1-15(32)29-21(17-9-5-11-19(26)13-17)24(33)30-22(18-10-6-12-20(27)14-18)25(34)31-23(28)16-7-3-2-4-8-16/h2-3,5-7,9-14,21-22H,4,8H2,1H3,(H,29,32)(H,30,33)(H2,28,31,34). The monoisotopic (exact) mass is 498 g/mol. The molecule has 0 saturated carbocycles. The SMILES string of the molecule is CC(=O)NC(C(=O)NC(C(=O)NC(=N)C1=CC=CCC1)c1cccc(Cl)c1)c1cccc(Cl)c1. The summed E-state index contributed by atoms with van der Waals surface area (Å²) >= 11 is 12.2. The Labute approximate surface area is 207 Å². The molecule has 176 valence electrons. The van der Waals surface area contributed by atoms with Crippen molar-refractivity contribution in [1.82, 2.24) is 16.0 Å². The van der Waals surface area contributed by atoms with Crippen LogP contribution in [0.2, 0.25) is 10.0 Å². The largest absolute Gasteiger partial charge is 0.341 e. The molecule has 2 aromatic rings. The van der Waals surface area contributed by atoms with E-state index in [2.05, 4.69) is 16.0 Å². The number of benzene rings is 2. The summed E-state index contributed by atoms with van der Waals surface area (Å²) in [7, 11) is 0. The lowest BCUT2D eigenvalue weighted by molar-refractivity contribution is -0.131. The van der Waals surface area contributed by atoms with Gasteiger partial charge in [-0.1, -0.05) is 65.7 Å². The van der Waals surface area contributed by atoms with Crippen LogP contribution in [0.3, 0.4) is 0 Å². The van der Waals surface area contributed by atoms with Crippen molar-refractivity contribution in [1.29, 1.82) is 5.41 Å². The van der Waals surface area contributed by atoms with E-state index >= 15 is 0 Å². The van der Waals surface area contributed by atoms with Crippen molar-refractivity contribution >= 4 is 46.8 Å². The highest BCUT2D eigenvalue weighted by Gasteiger charge is 2.29. The van der Waals surface area contributed by atoms with Gasteiger partial charge in [0, 0.05) is 17.0 Å². The summed E-state index contributed by atoms with van der Waals surface area (Å²) in [6.07, 6.45) is 6.98. The van der Waals surface area contributed by atoms with E-state index in [-0.39, 0.29) is 5.84 Å². The molecule has 0 aliphatic heterocycles. The molecule has 1 aliphatic rings. The van der Waals surface area contributed by atoms with Gasteiger partial charge in [-0.15, -0.1) is 0 Å². The number of hydrogen-bond acceptors (Lipinski definition) is 4. The highest BCUT2D eigenvalue weighted by atomic mass is 35.5. The van der Waals surface area contributed by atoms with Crippen molar-refractivity contribution in [3.05, 3.63) is 93.5 Å². The third kappa shape index (κ3) is 6.79. The summed E-state index contributed by atoms with van der Waals surface area (Å²) in [4.78, 5) is 38.3. The Morgan fingerprint density at radius 3 is 2.00 bits per heavy atom. The molecule has 2 unspecified atom stereocenters. The van der Waals surface area contributed by atoms with Gasteiger partial charge in [0.1, 0.15) is 17.9 Å². The Morgan fingerprint density at radius 2 is 1.50 bits per heavy atom. The van der Waals surface area contributed by atoms with Crippen molar-refractivity contribution in [2.75, 3.05) is 0 Å². The zero-order valence-corrected chi connectivity index (χ0v) is 19.9. The van der Waals surface area contributed by atoms with Gasteiger partial charge in [0.05, 0.1) is 0 Å². The molecule has 1 aliphatic carbocycles. The molecule has 0 radical (unpaired) electrons. The molecule has 3 rings (SSSR count). The minimum absolute atomic E-state index is 0.0381. The molecular formula is C25H24Cl2N4O3. The summed E-state index contributed by atoms with van der Waals surface area (Å²) in [5, 5.41) is 16.9. The smallest absolute Gasteiger partial charge is 0.252 e. The van der Waals surface area contributed by atoms with E-state index in [4.69, 9.17) is 28.6 Å². The number of hydrogen-bond donors (Lipinski definition) is 4. The lowest BCUT2D eigenvalue weighted by atomic mass is 10.0. The molecule has 9 heteroatoms. The van der Waals surface area contributed by atoms with Crippen LogP contribution in [0.15, 0.2) is 72.3 Å². The van der Waals surface area contributed by atoms with E-state index in [1.807, 2.05) is 12.2 Å². The van der Waals surface area contributed by atoms with E-state index in [0.29, 0.717) is 33.2 Å². The number of halogens is 2. The van der Waals surface area contributed by atoms with Crippen LogP contribution >= 0.6 is 23.2 Å². The lowest BCUT2D eigenvalue weighted by Crippen LogP contribution is -2.47. The number of amides is 3. The number of carbonyl (C=O) groups is 3. The van der Waals surface area contributed by atoms with Crippen LogP contribution in [0.5, 0.6) is 0 Å². The summed E-state index contributed by atoms with van der Waals surface area (Å²) < 4.78 is 0. The molecule has 0 fully saturated rings. The van der Waals surface area contributed by atoms with Gasteiger partial charge in [0.2, 0.25) is 11.8 Å². The number of allylic oxidation sites excluding steroid dienone is 3. The van der Waals surface area contributed by atoms with E-state index in [0.717, 1.165) is 6.42 Å². The van der Waals surface area contributed by atoms with E-state index in [1.54, 1.807) is 54.6 Å². The van der Waals surface area contributed by atoms with Crippen LogP contribution in [-0.2, 0) is 14.4 Å². The summed E-state index contributed by atoms with van der Waals surface area (Å²) in [5.41, 5.74) is 1.57. The summed E-state index contributed by atoms with van der Waals surface area (Å²) in [5.74, 6) is -1.69. The molecule has 0 aromatic heterocycles. The Kier molecular flexibility index (Phi) is 8.62. The van der Waals surface area contributed by atoms with Gasteiger partial charge in [-0.25, -0.2) is 0 Å². The molecule has 4 N–H and O–H groups in total. The molecule has 2 aromatic carbocycles. The Morgan fingerprint density at radius 1 is 0.912 bits per heavy atom. The Balaban J connectivity index is 1.89. The van der Waals surface area contributed by atoms with E-state index in [1.165, 1.54) is 6.92 Å². The van der Waals surface area contributed by atoms with Crippen molar-refractivity contribution in [3.8, 4) is 0 Å². The maximum absolute atomic E-state index is 13.3. The second kappa shape index (κ2) is 11.6. The van der Waals surface area contributed by atoms with Crippen LogP contribution < -0.4 is 16.0 Å². The number of amidine groups is 1. The maximum atomic E-state index is 13.3. The fourth-order valence-corrected chi connectivity index (χ4v) is 3.89. The van der Waals surface area contributed by atoms with Gasteiger partial charge in [-0.3, -0.25) is 19.8 Å². The molecule has 7 nitrogen and oxygen atoms in total. The number of carbonyl (C=O) groups excluding carboxylic acids is 3. The van der Waals surface area contributed by atoms with E-state index < -0.39 is 29.8 Å². The van der Waals surface area contributed by atoms with Gasteiger partial charge in [-0.05, 0) is 53.8 Å². The number of nitrogens with one attached hydrogen (secondary N) is 4. The second-order valence-electron chi connectivity index (χ2n) is 7.71. The first-order chi connectivity index (χ1) is 16.2. The number of rotatable bonds is 7. The van der Waals surface area contributed by atoms with E-state index in [9.17, 15) is 14.4 Å². The quantitative estimate of drug-likeness (QED) is 0.335. The first-order valence-corrected chi connectivity index (χ1v) is 11.3. The van der Waals surface area contributed by atoms with Crippen LogP contribution in [0, 0.1) is 5.41 Å². The van der Waals surface area contributed by atoms with Crippen molar-refractivity contribution < 1.29 is 14.4 Å². The molecule has 0 spiro atoms. The van der Waals surface area contributed by atoms with Crippen LogP contribution in [0.4, 0.5) is 0 Å². The van der Waals surface area contributed by atoms with Gasteiger partial charge >= 0.3 is 0 Å². The van der Waals surface area contributed by atoms with Crippen LogP contribution in [0.1, 0.15) is 43.0 Å². The molecule has 0 bridgehead atoms. The maximum Gasteiger partial charge on any atom is 0.252 e. The first kappa shape index (κ1) is 25.2. The fourth-order valence-electron chi connectivity index (χ4n) is 3.49. The van der Waals surface area contributed by atoms with Gasteiger partial charge in [0.25, 0.3) is 5.91 Å². The minimum atomic E-state index is -1.17. The topological polar surface area (TPSA) is 111 Å². The van der Waals surface area contributed by atoms with Crippen LogP contribution in [-0.4, -0.2) is 23.6 Å². The normalized spacial score (nSPS) is 14.4. The molecule has 0 heterocycles.